The van der Waals surface area contributed by atoms with Crippen LogP contribution in [-0.2, 0) is 18.6 Å². The molecule has 27 heavy (non-hydrogen) atoms. The van der Waals surface area contributed by atoms with E-state index in [-0.39, 0.29) is 0 Å². The molecule has 5 heteroatoms. The van der Waals surface area contributed by atoms with Crippen LogP contribution in [0.25, 0.3) is 0 Å². The highest BCUT2D eigenvalue weighted by Gasteiger charge is 2.12. The standard InChI is InChI=1S/C22H48O4Si/c1-5-6-7-8-9-10-11-12-13-14-15-16-23-17-18-24-19-20-25-21-22-26-27(2,3)4/h5-22H2,1-4H3. The quantitative estimate of drug-likeness (QED) is 0.159. The molecule has 0 spiro atoms. The maximum Gasteiger partial charge on any atom is 0.183 e. The third-order valence-corrected chi connectivity index (χ3v) is 5.47. The minimum Gasteiger partial charge on any atom is -0.415 e. The number of ether oxygens (including phenoxy) is 3. The summed E-state index contributed by atoms with van der Waals surface area (Å²) in [6.07, 6.45) is 15.1. The molecule has 0 aliphatic rings. The van der Waals surface area contributed by atoms with Crippen molar-refractivity contribution in [2.24, 2.45) is 0 Å². The Labute approximate surface area is 170 Å². The summed E-state index contributed by atoms with van der Waals surface area (Å²) in [5.41, 5.74) is 0. The van der Waals surface area contributed by atoms with Crippen LogP contribution in [0, 0.1) is 0 Å². The Morgan fingerprint density at radius 3 is 1.26 bits per heavy atom. The molecule has 0 bridgehead atoms. The van der Waals surface area contributed by atoms with Crippen LogP contribution < -0.4 is 0 Å². The van der Waals surface area contributed by atoms with Crippen LogP contribution in [0.15, 0.2) is 0 Å². The predicted molar refractivity (Wildman–Crippen MR) is 118 cm³/mol. The largest absolute Gasteiger partial charge is 0.415 e. The third-order valence-electron chi connectivity index (χ3n) is 4.40. The van der Waals surface area contributed by atoms with Crippen molar-refractivity contribution < 1.29 is 18.6 Å². The van der Waals surface area contributed by atoms with Crippen LogP contribution in [-0.4, -0.2) is 54.6 Å². The topological polar surface area (TPSA) is 36.9 Å². The summed E-state index contributed by atoms with van der Waals surface area (Å²) in [6, 6.07) is 0. The lowest BCUT2D eigenvalue weighted by Gasteiger charge is -2.16. The molecular weight excluding hydrogens is 356 g/mol. The van der Waals surface area contributed by atoms with Crippen molar-refractivity contribution in [3.05, 3.63) is 0 Å². The minimum atomic E-state index is -1.40. The van der Waals surface area contributed by atoms with Gasteiger partial charge >= 0.3 is 0 Å². The number of unbranched alkanes of at least 4 members (excludes halogenated alkanes) is 10. The first-order valence-electron chi connectivity index (χ1n) is 11.4. The molecule has 0 aliphatic carbocycles. The second-order valence-electron chi connectivity index (χ2n) is 8.33. The van der Waals surface area contributed by atoms with Crippen LogP contribution in [0.3, 0.4) is 0 Å². The average molecular weight is 405 g/mol. The molecular formula is C22H48O4Si. The summed E-state index contributed by atoms with van der Waals surface area (Å²) < 4.78 is 22.3. The van der Waals surface area contributed by atoms with Crippen molar-refractivity contribution in [3.8, 4) is 0 Å². The SMILES string of the molecule is CCCCCCCCCCCCCOCCOCCOCCO[Si](C)(C)C. The molecule has 0 radical (unpaired) electrons. The summed E-state index contributed by atoms with van der Waals surface area (Å²) in [5, 5.41) is 0. The van der Waals surface area contributed by atoms with E-state index in [9.17, 15) is 0 Å². The van der Waals surface area contributed by atoms with E-state index in [0.717, 1.165) is 6.61 Å². The van der Waals surface area contributed by atoms with Gasteiger partial charge in [0.2, 0.25) is 0 Å². The van der Waals surface area contributed by atoms with Crippen molar-refractivity contribution in [1.82, 2.24) is 0 Å². The van der Waals surface area contributed by atoms with Crippen LogP contribution in [0.2, 0.25) is 19.6 Å². The van der Waals surface area contributed by atoms with E-state index in [1.165, 1.54) is 70.6 Å². The molecule has 0 fully saturated rings. The molecule has 0 saturated heterocycles. The zero-order valence-electron chi connectivity index (χ0n) is 18.9. The summed E-state index contributed by atoms with van der Waals surface area (Å²) in [4.78, 5) is 0. The maximum absolute atomic E-state index is 5.72. The third kappa shape index (κ3) is 26.1. The van der Waals surface area contributed by atoms with Crippen molar-refractivity contribution >= 4 is 8.32 Å². The van der Waals surface area contributed by atoms with Crippen LogP contribution in [0.5, 0.6) is 0 Å². The highest BCUT2D eigenvalue weighted by molar-refractivity contribution is 6.69. The zero-order chi connectivity index (χ0) is 20.1. The Balaban J connectivity index is 3.01. The second-order valence-corrected chi connectivity index (χ2v) is 12.8. The van der Waals surface area contributed by atoms with E-state index in [2.05, 4.69) is 26.6 Å². The fourth-order valence-corrected chi connectivity index (χ4v) is 3.51. The molecule has 0 atom stereocenters. The minimum absolute atomic E-state index is 0.633. The Hall–Kier alpha value is 0.0569. The average Bonchev–Trinajstić information content (AvgIpc) is 2.62. The van der Waals surface area contributed by atoms with Gasteiger partial charge in [0.25, 0.3) is 0 Å². The fourth-order valence-electron chi connectivity index (χ4n) is 2.82. The van der Waals surface area contributed by atoms with E-state index >= 15 is 0 Å². The monoisotopic (exact) mass is 404 g/mol. The van der Waals surface area contributed by atoms with Crippen molar-refractivity contribution in [2.45, 2.75) is 97.2 Å². The molecule has 0 rings (SSSR count). The van der Waals surface area contributed by atoms with Crippen LogP contribution in [0.4, 0.5) is 0 Å². The summed E-state index contributed by atoms with van der Waals surface area (Å²) in [6.45, 7) is 13.7. The summed E-state index contributed by atoms with van der Waals surface area (Å²) >= 11 is 0. The molecule has 0 aromatic carbocycles. The zero-order valence-corrected chi connectivity index (χ0v) is 19.9. The molecule has 0 aliphatic heterocycles. The van der Waals surface area contributed by atoms with Gasteiger partial charge < -0.3 is 18.6 Å². The molecule has 0 saturated carbocycles. The van der Waals surface area contributed by atoms with Gasteiger partial charge in [-0.05, 0) is 26.1 Å². The number of hydrogen-bond acceptors (Lipinski definition) is 4. The Kier molecular flexibility index (Phi) is 20.8. The first-order valence-corrected chi connectivity index (χ1v) is 14.8. The smallest absolute Gasteiger partial charge is 0.183 e. The summed E-state index contributed by atoms with van der Waals surface area (Å²) in [7, 11) is -1.40. The normalized spacial score (nSPS) is 12.0. The number of rotatable bonds is 22. The fraction of sp³-hybridized carbons (Fsp3) is 1.00. The van der Waals surface area contributed by atoms with E-state index in [0.29, 0.717) is 39.6 Å². The Bertz CT molecular complexity index is 282. The molecule has 0 N–H and O–H groups in total. The van der Waals surface area contributed by atoms with E-state index in [1.807, 2.05) is 0 Å². The van der Waals surface area contributed by atoms with E-state index in [1.54, 1.807) is 0 Å². The summed E-state index contributed by atoms with van der Waals surface area (Å²) in [5.74, 6) is 0. The van der Waals surface area contributed by atoms with Crippen molar-refractivity contribution in [3.63, 3.8) is 0 Å². The maximum atomic E-state index is 5.72. The predicted octanol–water partition coefficient (Wildman–Crippen LogP) is 6.20. The van der Waals surface area contributed by atoms with Crippen molar-refractivity contribution in [2.75, 3.05) is 46.2 Å². The van der Waals surface area contributed by atoms with Gasteiger partial charge in [-0.25, -0.2) is 0 Å². The lowest BCUT2D eigenvalue weighted by molar-refractivity contribution is 0.00834. The van der Waals surface area contributed by atoms with Gasteiger partial charge in [-0.3, -0.25) is 0 Å². The lowest BCUT2D eigenvalue weighted by Crippen LogP contribution is -2.27. The van der Waals surface area contributed by atoms with Gasteiger partial charge in [-0.15, -0.1) is 0 Å². The van der Waals surface area contributed by atoms with Gasteiger partial charge in [0.05, 0.1) is 39.6 Å². The molecule has 0 amide bonds. The van der Waals surface area contributed by atoms with Gasteiger partial charge in [-0.1, -0.05) is 71.1 Å². The first-order chi connectivity index (χ1) is 13.1. The Morgan fingerprint density at radius 1 is 0.444 bits per heavy atom. The molecule has 164 valence electrons. The highest BCUT2D eigenvalue weighted by Crippen LogP contribution is 2.11. The van der Waals surface area contributed by atoms with Gasteiger partial charge in [-0.2, -0.15) is 0 Å². The van der Waals surface area contributed by atoms with Gasteiger partial charge in [0, 0.05) is 6.61 Å². The lowest BCUT2D eigenvalue weighted by atomic mass is 10.1. The molecule has 0 aromatic rings. The second kappa shape index (κ2) is 20.8. The highest BCUT2D eigenvalue weighted by atomic mass is 28.4. The van der Waals surface area contributed by atoms with Crippen LogP contribution in [0.1, 0.15) is 77.6 Å². The molecule has 0 heterocycles. The van der Waals surface area contributed by atoms with Gasteiger partial charge in [0.15, 0.2) is 8.32 Å². The van der Waals surface area contributed by atoms with Crippen LogP contribution >= 0.6 is 0 Å². The van der Waals surface area contributed by atoms with Crippen molar-refractivity contribution in [1.29, 1.82) is 0 Å². The molecule has 0 aromatic heterocycles. The van der Waals surface area contributed by atoms with Gasteiger partial charge in [0.1, 0.15) is 0 Å². The first kappa shape index (κ1) is 27.1. The van der Waals surface area contributed by atoms with E-state index in [4.69, 9.17) is 18.6 Å². The number of hydrogen-bond donors (Lipinski definition) is 0. The molecule has 0 unspecified atom stereocenters. The Morgan fingerprint density at radius 2 is 0.815 bits per heavy atom. The molecule has 4 nitrogen and oxygen atoms in total. The van der Waals surface area contributed by atoms with E-state index < -0.39 is 8.32 Å².